The lowest BCUT2D eigenvalue weighted by atomic mass is 9.93. The molecule has 0 N–H and O–H groups in total. The third-order valence-corrected chi connectivity index (χ3v) is 5.59. The van der Waals surface area contributed by atoms with Crippen LogP contribution in [0.2, 0.25) is 5.02 Å². The van der Waals surface area contributed by atoms with E-state index in [1.54, 1.807) is 19.9 Å². The molecule has 0 atom stereocenters. The Morgan fingerprint density at radius 3 is 2.20 bits per heavy atom. The van der Waals surface area contributed by atoms with E-state index in [0.29, 0.717) is 16.9 Å². The molecule has 0 aromatic heterocycles. The molecule has 1 heterocycles. The van der Waals surface area contributed by atoms with Gasteiger partial charge in [0.15, 0.2) is 15.4 Å². The van der Waals surface area contributed by atoms with Gasteiger partial charge in [0.2, 0.25) is 5.78 Å². The molecule has 25 heavy (non-hydrogen) atoms. The number of sulfone groups is 1. The maximum absolute atomic E-state index is 12.8. The van der Waals surface area contributed by atoms with Gasteiger partial charge in [-0.05, 0) is 37.6 Å². The molecule has 0 saturated carbocycles. The van der Waals surface area contributed by atoms with Gasteiger partial charge in [-0.2, -0.15) is 0 Å². The molecule has 0 aliphatic carbocycles. The van der Waals surface area contributed by atoms with Crippen molar-refractivity contribution in [2.75, 3.05) is 6.26 Å². The fourth-order valence-electron chi connectivity index (χ4n) is 2.77. The van der Waals surface area contributed by atoms with Gasteiger partial charge in [-0.1, -0.05) is 41.9 Å². The maximum atomic E-state index is 12.8. The van der Waals surface area contributed by atoms with Gasteiger partial charge in [0.25, 0.3) is 0 Å². The molecule has 1 aliphatic heterocycles. The van der Waals surface area contributed by atoms with E-state index >= 15 is 0 Å². The van der Waals surface area contributed by atoms with Crippen LogP contribution in [-0.4, -0.2) is 26.1 Å². The summed E-state index contributed by atoms with van der Waals surface area (Å²) in [5.74, 6) is 0.278. The minimum absolute atomic E-state index is 0.0448. The lowest BCUT2D eigenvalue weighted by molar-refractivity contribution is -0.125. The second kappa shape index (κ2) is 6.00. The average molecular weight is 377 g/mol. The highest BCUT2D eigenvalue weighted by atomic mass is 35.5. The van der Waals surface area contributed by atoms with Crippen LogP contribution in [0, 0.1) is 0 Å². The van der Waals surface area contributed by atoms with Gasteiger partial charge < -0.3 is 4.74 Å². The minimum Gasteiger partial charge on any atom is -0.478 e. The second-order valence-electron chi connectivity index (χ2n) is 6.43. The highest BCUT2D eigenvalue weighted by molar-refractivity contribution is 7.90. The second-order valence-corrected chi connectivity index (χ2v) is 8.82. The number of benzene rings is 2. The number of hydrogen-bond donors (Lipinski definition) is 0. The van der Waals surface area contributed by atoms with E-state index in [4.69, 9.17) is 16.3 Å². The standard InChI is InChI=1S/C19H17ClO4S/c1-19(2)18(21)16(12-7-5-4-6-8-12)17(24-19)13-9-10-15(14(20)11-13)25(3,22)23/h4-11H,1-3H3. The number of hydrogen-bond acceptors (Lipinski definition) is 4. The number of rotatable bonds is 3. The van der Waals surface area contributed by atoms with E-state index < -0.39 is 15.4 Å². The van der Waals surface area contributed by atoms with Crippen LogP contribution < -0.4 is 0 Å². The van der Waals surface area contributed by atoms with Crippen LogP contribution in [0.25, 0.3) is 11.3 Å². The number of Topliss-reactive ketones (excluding diaryl/α,β-unsaturated/α-hetero) is 1. The Kier molecular flexibility index (Phi) is 4.25. The van der Waals surface area contributed by atoms with Gasteiger partial charge in [0, 0.05) is 11.8 Å². The van der Waals surface area contributed by atoms with Gasteiger partial charge in [0.05, 0.1) is 15.5 Å². The van der Waals surface area contributed by atoms with Gasteiger partial charge in [0.1, 0.15) is 5.76 Å². The lowest BCUT2D eigenvalue weighted by Crippen LogP contribution is -2.29. The first-order valence-corrected chi connectivity index (χ1v) is 9.92. The largest absolute Gasteiger partial charge is 0.478 e. The predicted octanol–water partition coefficient (Wildman–Crippen LogP) is 3.99. The zero-order valence-electron chi connectivity index (χ0n) is 14.0. The zero-order valence-corrected chi connectivity index (χ0v) is 15.6. The zero-order chi connectivity index (χ0) is 18.4. The summed E-state index contributed by atoms with van der Waals surface area (Å²) in [6, 6.07) is 13.8. The first-order valence-electron chi connectivity index (χ1n) is 7.65. The lowest BCUT2D eigenvalue weighted by Gasteiger charge is -2.18. The number of carbonyl (C=O) groups excluding carboxylic acids is 1. The quantitative estimate of drug-likeness (QED) is 0.812. The van der Waals surface area contributed by atoms with Crippen LogP contribution in [0.15, 0.2) is 53.4 Å². The Morgan fingerprint density at radius 2 is 1.64 bits per heavy atom. The monoisotopic (exact) mass is 376 g/mol. The van der Waals surface area contributed by atoms with Crippen molar-refractivity contribution in [2.24, 2.45) is 0 Å². The molecule has 2 aromatic carbocycles. The summed E-state index contributed by atoms with van der Waals surface area (Å²) >= 11 is 6.15. The fourth-order valence-corrected chi connectivity index (χ4v) is 4.10. The van der Waals surface area contributed by atoms with Crippen LogP contribution in [0.5, 0.6) is 0 Å². The van der Waals surface area contributed by atoms with Gasteiger partial charge >= 0.3 is 0 Å². The number of carbonyl (C=O) groups is 1. The molecule has 0 fully saturated rings. The van der Waals surface area contributed by atoms with Crippen molar-refractivity contribution < 1.29 is 17.9 Å². The van der Waals surface area contributed by atoms with Crippen molar-refractivity contribution in [3.05, 3.63) is 64.7 Å². The molecule has 0 unspecified atom stereocenters. The van der Waals surface area contributed by atoms with Crippen LogP contribution >= 0.6 is 11.6 Å². The van der Waals surface area contributed by atoms with E-state index in [1.807, 2.05) is 30.3 Å². The van der Waals surface area contributed by atoms with Crippen molar-refractivity contribution in [2.45, 2.75) is 24.3 Å². The molecular formula is C19H17ClO4S. The molecule has 0 spiro atoms. The summed E-state index contributed by atoms with van der Waals surface area (Å²) in [5.41, 5.74) is 0.781. The SMILES string of the molecule is CC1(C)OC(c2ccc(S(C)(=O)=O)c(Cl)c2)=C(c2ccccc2)C1=O. The molecule has 2 aromatic rings. The van der Waals surface area contributed by atoms with Gasteiger partial charge in [-0.3, -0.25) is 4.79 Å². The third-order valence-electron chi connectivity index (χ3n) is 4.01. The molecule has 0 amide bonds. The number of ketones is 1. The fraction of sp³-hybridized carbons (Fsp3) is 0.211. The highest BCUT2D eigenvalue weighted by Crippen LogP contribution is 2.42. The summed E-state index contributed by atoms with van der Waals surface area (Å²) in [5, 5.41) is 0.0978. The number of ether oxygens (including phenoxy) is 1. The van der Waals surface area contributed by atoms with Crippen molar-refractivity contribution in [1.29, 1.82) is 0 Å². The molecular weight excluding hydrogens is 360 g/mol. The first kappa shape index (κ1) is 17.7. The minimum atomic E-state index is -3.43. The summed E-state index contributed by atoms with van der Waals surface area (Å²) in [6.07, 6.45) is 1.10. The Hall–Kier alpha value is -2.11. The Bertz CT molecular complexity index is 989. The summed E-state index contributed by atoms with van der Waals surface area (Å²) in [6.45, 7) is 3.41. The summed E-state index contributed by atoms with van der Waals surface area (Å²) in [7, 11) is -3.43. The van der Waals surface area contributed by atoms with Gasteiger partial charge in [-0.15, -0.1) is 0 Å². The normalized spacial score (nSPS) is 16.9. The smallest absolute Gasteiger partial charge is 0.210 e. The molecule has 3 rings (SSSR count). The van der Waals surface area contributed by atoms with E-state index in [1.165, 1.54) is 12.1 Å². The average Bonchev–Trinajstić information content (AvgIpc) is 2.77. The van der Waals surface area contributed by atoms with Crippen LogP contribution in [0.1, 0.15) is 25.0 Å². The molecule has 4 nitrogen and oxygen atoms in total. The summed E-state index contributed by atoms with van der Waals surface area (Å²) in [4.78, 5) is 12.9. The van der Waals surface area contributed by atoms with E-state index in [-0.39, 0.29) is 15.7 Å². The van der Waals surface area contributed by atoms with Crippen molar-refractivity contribution in [3.8, 4) is 0 Å². The Morgan fingerprint density at radius 1 is 1.00 bits per heavy atom. The molecule has 1 aliphatic rings. The first-order chi connectivity index (χ1) is 11.6. The van der Waals surface area contributed by atoms with E-state index in [2.05, 4.69) is 0 Å². The topological polar surface area (TPSA) is 60.4 Å². The Balaban J connectivity index is 2.21. The molecule has 0 radical (unpaired) electrons. The third kappa shape index (κ3) is 3.22. The van der Waals surface area contributed by atoms with Crippen LogP contribution in [0.4, 0.5) is 0 Å². The van der Waals surface area contributed by atoms with Crippen molar-refractivity contribution in [3.63, 3.8) is 0 Å². The van der Waals surface area contributed by atoms with E-state index in [0.717, 1.165) is 11.8 Å². The van der Waals surface area contributed by atoms with Crippen molar-refractivity contribution >= 4 is 38.6 Å². The van der Waals surface area contributed by atoms with Crippen molar-refractivity contribution in [1.82, 2.24) is 0 Å². The predicted molar refractivity (Wildman–Crippen MR) is 98.0 cm³/mol. The van der Waals surface area contributed by atoms with E-state index in [9.17, 15) is 13.2 Å². The highest BCUT2D eigenvalue weighted by Gasteiger charge is 2.42. The van der Waals surface area contributed by atoms with Gasteiger partial charge in [-0.25, -0.2) is 8.42 Å². The Labute approximate surface area is 152 Å². The molecule has 6 heteroatoms. The molecule has 130 valence electrons. The maximum Gasteiger partial charge on any atom is 0.210 e. The number of halogens is 1. The molecule has 0 saturated heterocycles. The summed E-state index contributed by atoms with van der Waals surface area (Å²) < 4.78 is 29.4. The van der Waals surface area contributed by atoms with Crippen LogP contribution in [-0.2, 0) is 19.4 Å². The molecule has 0 bridgehead atoms. The van der Waals surface area contributed by atoms with Crippen LogP contribution in [0.3, 0.4) is 0 Å².